The van der Waals surface area contributed by atoms with E-state index in [4.69, 9.17) is 4.98 Å². The normalized spacial score (nSPS) is 16.6. The van der Waals surface area contributed by atoms with Gasteiger partial charge in [0.05, 0.1) is 4.90 Å². The molecule has 3 aromatic rings. The summed E-state index contributed by atoms with van der Waals surface area (Å²) in [5.74, 6) is 3.74. The zero-order valence-corrected chi connectivity index (χ0v) is 23.2. The first-order valence-corrected chi connectivity index (χ1v) is 15.2. The van der Waals surface area contributed by atoms with Gasteiger partial charge >= 0.3 is 0 Å². The molecule has 1 aromatic heterocycles. The van der Waals surface area contributed by atoms with Crippen LogP contribution in [-0.4, -0.2) is 60.0 Å². The van der Waals surface area contributed by atoms with Crippen molar-refractivity contribution in [2.24, 2.45) is 0 Å². The van der Waals surface area contributed by atoms with Crippen LogP contribution in [0, 0.1) is 0 Å². The van der Waals surface area contributed by atoms with Gasteiger partial charge < -0.3 is 10.2 Å². The van der Waals surface area contributed by atoms with Crippen LogP contribution in [0.3, 0.4) is 0 Å². The zero-order chi connectivity index (χ0) is 26.0. The molecule has 2 N–H and O–H groups in total. The van der Waals surface area contributed by atoms with Crippen LogP contribution < -0.4 is 14.9 Å². The molecule has 0 spiro atoms. The van der Waals surface area contributed by atoms with Crippen LogP contribution in [0.1, 0.15) is 31.9 Å². The first kappa shape index (κ1) is 26.0. The number of anilines is 4. The van der Waals surface area contributed by atoms with E-state index in [2.05, 4.69) is 49.1 Å². The molecule has 0 bridgehead atoms. The second-order valence-corrected chi connectivity index (χ2v) is 13.4. The Morgan fingerprint density at radius 1 is 1.03 bits per heavy atom. The van der Waals surface area contributed by atoms with E-state index < -0.39 is 15.6 Å². The molecular weight excluding hydrogens is 504 g/mol. The Hall–Kier alpha value is -2.66. The summed E-state index contributed by atoms with van der Waals surface area (Å²) in [5, 5.41) is 3.33. The molecule has 37 heavy (non-hydrogen) atoms. The molecule has 2 aliphatic rings. The van der Waals surface area contributed by atoms with Crippen LogP contribution in [0.5, 0.6) is 0 Å². The molecule has 5 rings (SSSR count). The summed E-state index contributed by atoms with van der Waals surface area (Å²) in [6.07, 6.45) is 2.66. The third-order valence-electron chi connectivity index (χ3n) is 6.30. The molecule has 10 heteroatoms. The minimum absolute atomic E-state index is 0.240. The van der Waals surface area contributed by atoms with Crippen LogP contribution >= 0.6 is 11.8 Å². The van der Waals surface area contributed by atoms with Gasteiger partial charge in [-0.25, -0.2) is 18.1 Å². The summed E-state index contributed by atoms with van der Waals surface area (Å²) in [6.45, 7) is 9.48. The smallest absolute Gasteiger partial charge is 0.241 e. The summed E-state index contributed by atoms with van der Waals surface area (Å²) < 4.78 is 28.5. The molecule has 0 aliphatic carbocycles. The Morgan fingerprint density at radius 3 is 2.51 bits per heavy atom. The molecule has 0 saturated carbocycles. The van der Waals surface area contributed by atoms with E-state index >= 15 is 0 Å². The fraction of sp³-hybridized carbons (Fsp3) is 0.407. The largest absolute Gasteiger partial charge is 0.326 e. The SMILES string of the molecule is CC(C)(C)NS(=O)(=O)c1cccc(N2CCc3cnc(Nc4ccc(CN5CCSCC5)cc4)nc32)c1. The van der Waals surface area contributed by atoms with Crippen molar-refractivity contribution in [3.8, 4) is 0 Å². The highest BCUT2D eigenvalue weighted by molar-refractivity contribution is 7.99. The van der Waals surface area contributed by atoms with E-state index in [0.717, 1.165) is 48.8 Å². The molecule has 1 saturated heterocycles. The maximum atomic E-state index is 12.9. The van der Waals surface area contributed by atoms with Crippen molar-refractivity contribution in [3.63, 3.8) is 0 Å². The van der Waals surface area contributed by atoms with Crippen molar-refractivity contribution >= 4 is 44.9 Å². The third-order valence-corrected chi connectivity index (χ3v) is 9.00. The van der Waals surface area contributed by atoms with Crippen LogP contribution in [-0.2, 0) is 23.0 Å². The quantitative estimate of drug-likeness (QED) is 0.453. The third kappa shape index (κ3) is 6.43. The van der Waals surface area contributed by atoms with Gasteiger partial charge in [0.2, 0.25) is 16.0 Å². The van der Waals surface area contributed by atoms with Gasteiger partial charge in [-0.05, 0) is 63.1 Å². The van der Waals surface area contributed by atoms with E-state index in [-0.39, 0.29) is 4.90 Å². The lowest BCUT2D eigenvalue weighted by molar-refractivity contribution is 0.294. The Bertz CT molecular complexity index is 1350. The number of hydrogen-bond acceptors (Lipinski definition) is 8. The molecular formula is C27H34N6O2S2. The number of rotatable bonds is 7. The molecule has 3 heterocycles. The number of hydrogen-bond donors (Lipinski definition) is 2. The molecule has 2 aliphatic heterocycles. The standard InChI is InChI=1S/C27H34N6O2S2/c1-27(2,3)31-37(34,35)24-6-4-5-23(17-24)33-12-11-21-18-28-26(30-25(21)33)29-22-9-7-20(8-10-22)19-32-13-15-36-16-14-32/h4-10,17-18,31H,11-16,19H2,1-3H3,(H,28,29,30). The van der Waals surface area contributed by atoms with Crippen LogP contribution in [0.25, 0.3) is 0 Å². The van der Waals surface area contributed by atoms with Gasteiger partial charge in [0.25, 0.3) is 0 Å². The predicted octanol–water partition coefficient (Wildman–Crippen LogP) is 4.54. The molecule has 1 fully saturated rings. The highest BCUT2D eigenvalue weighted by Crippen LogP contribution is 2.34. The van der Waals surface area contributed by atoms with E-state index in [9.17, 15) is 8.42 Å². The molecule has 2 aromatic carbocycles. The minimum atomic E-state index is -3.64. The number of fused-ring (bicyclic) bond motifs is 1. The van der Waals surface area contributed by atoms with Gasteiger partial charge in [-0.15, -0.1) is 0 Å². The van der Waals surface area contributed by atoms with Gasteiger partial charge in [0.15, 0.2) is 0 Å². The second kappa shape index (κ2) is 10.6. The predicted molar refractivity (Wildman–Crippen MR) is 152 cm³/mol. The second-order valence-electron chi connectivity index (χ2n) is 10.5. The van der Waals surface area contributed by atoms with E-state index in [1.165, 1.54) is 17.1 Å². The van der Waals surface area contributed by atoms with Crippen molar-refractivity contribution in [2.45, 2.75) is 44.2 Å². The van der Waals surface area contributed by atoms with Gasteiger partial charge in [0.1, 0.15) is 5.82 Å². The van der Waals surface area contributed by atoms with Crippen molar-refractivity contribution in [1.29, 1.82) is 0 Å². The molecule has 0 atom stereocenters. The molecule has 196 valence electrons. The van der Waals surface area contributed by atoms with Crippen molar-refractivity contribution < 1.29 is 8.42 Å². The first-order valence-electron chi connectivity index (χ1n) is 12.6. The summed E-state index contributed by atoms with van der Waals surface area (Å²) in [6, 6.07) is 15.5. The summed E-state index contributed by atoms with van der Waals surface area (Å²) in [5.41, 5.74) is 3.51. The molecule has 8 nitrogen and oxygen atoms in total. The number of aromatic nitrogens is 2. The monoisotopic (exact) mass is 538 g/mol. The lowest BCUT2D eigenvalue weighted by Crippen LogP contribution is -2.40. The Balaban J connectivity index is 1.31. The van der Waals surface area contributed by atoms with Gasteiger partial charge in [-0.3, -0.25) is 4.90 Å². The number of benzene rings is 2. The van der Waals surface area contributed by atoms with Gasteiger partial charge in [0, 0.05) is 66.4 Å². The lowest BCUT2D eigenvalue weighted by atomic mass is 10.1. The zero-order valence-electron chi connectivity index (χ0n) is 21.6. The Kier molecular flexibility index (Phi) is 7.44. The fourth-order valence-corrected chi connectivity index (χ4v) is 7.01. The van der Waals surface area contributed by atoms with Crippen LogP contribution in [0.15, 0.2) is 59.6 Å². The highest BCUT2D eigenvalue weighted by atomic mass is 32.2. The van der Waals surface area contributed by atoms with Crippen molar-refractivity contribution in [2.75, 3.05) is 41.4 Å². The summed E-state index contributed by atoms with van der Waals surface area (Å²) in [7, 11) is -3.64. The first-order chi connectivity index (χ1) is 17.7. The molecule has 0 radical (unpaired) electrons. The van der Waals surface area contributed by atoms with E-state index in [0.29, 0.717) is 12.5 Å². The van der Waals surface area contributed by atoms with E-state index in [1.807, 2.05) is 44.8 Å². The maximum absolute atomic E-state index is 12.9. The lowest BCUT2D eigenvalue weighted by Gasteiger charge is -2.26. The van der Waals surface area contributed by atoms with Crippen LogP contribution in [0.2, 0.25) is 0 Å². The van der Waals surface area contributed by atoms with Gasteiger partial charge in [-0.2, -0.15) is 16.7 Å². The van der Waals surface area contributed by atoms with Gasteiger partial charge in [-0.1, -0.05) is 18.2 Å². The summed E-state index contributed by atoms with van der Waals surface area (Å²) >= 11 is 2.02. The minimum Gasteiger partial charge on any atom is -0.326 e. The Morgan fingerprint density at radius 2 is 1.78 bits per heavy atom. The number of nitrogens with one attached hydrogen (secondary N) is 2. The number of sulfonamides is 1. The number of nitrogens with zero attached hydrogens (tertiary/aromatic N) is 4. The summed E-state index contributed by atoms with van der Waals surface area (Å²) in [4.78, 5) is 14.1. The maximum Gasteiger partial charge on any atom is 0.241 e. The highest BCUT2D eigenvalue weighted by Gasteiger charge is 2.26. The number of thioether (sulfide) groups is 1. The van der Waals surface area contributed by atoms with E-state index in [1.54, 1.807) is 18.2 Å². The Labute approximate surface area is 223 Å². The van der Waals surface area contributed by atoms with Crippen molar-refractivity contribution in [1.82, 2.24) is 19.6 Å². The molecule has 0 amide bonds. The average Bonchev–Trinajstić information content (AvgIpc) is 3.28. The average molecular weight is 539 g/mol. The van der Waals surface area contributed by atoms with Crippen molar-refractivity contribution in [3.05, 3.63) is 65.9 Å². The molecule has 0 unspecified atom stereocenters. The topological polar surface area (TPSA) is 90.5 Å². The fourth-order valence-electron chi connectivity index (χ4n) is 4.58. The van der Waals surface area contributed by atoms with Crippen LogP contribution in [0.4, 0.5) is 23.1 Å².